The molecule has 10 nitrogen and oxygen atoms in total. The second kappa shape index (κ2) is 10.0. The first-order chi connectivity index (χ1) is 19.6. The summed E-state index contributed by atoms with van der Waals surface area (Å²) in [5.41, 5.74) is 5.74. The van der Waals surface area contributed by atoms with Crippen LogP contribution >= 0.6 is 0 Å². The number of rotatable bonds is 7. The molecule has 3 N–H and O–H groups in total. The Bertz CT molecular complexity index is 1820. The molecule has 1 fully saturated rings. The molecule has 0 radical (unpaired) electrons. The zero-order valence-corrected chi connectivity index (χ0v) is 21.4. The van der Waals surface area contributed by atoms with Gasteiger partial charge >= 0.3 is 0 Å². The van der Waals surface area contributed by atoms with Crippen LogP contribution in [0.25, 0.3) is 56.0 Å². The van der Waals surface area contributed by atoms with Crippen LogP contribution in [0.2, 0.25) is 0 Å². The van der Waals surface area contributed by atoms with Crippen molar-refractivity contribution in [1.29, 1.82) is 0 Å². The monoisotopic (exact) mass is 536 g/mol. The zero-order chi connectivity index (χ0) is 27.1. The Balaban J connectivity index is 1.21. The minimum absolute atomic E-state index is 0.173. The molecule has 11 heteroatoms. The number of benzene rings is 1. The van der Waals surface area contributed by atoms with E-state index in [-0.39, 0.29) is 5.75 Å². The number of halogens is 1. The van der Waals surface area contributed by atoms with E-state index in [4.69, 9.17) is 14.7 Å². The van der Waals surface area contributed by atoms with Crippen molar-refractivity contribution in [1.82, 2.24) is 40.0 Å². The summed E-state index contributed by atoms with van der Waals surface area (Å²) >= 11 is 0. The second-order valence-corrected chi connectivity index (χ2v) is 9.84. The number of nitrogens with zero attached hydrogens (tertiary/aromatic N) is 6. The molecule has 7 rings (SSSR count). The van der Waals surface area contributed by atoms with Crippen molar-refractivity contribution in [2.45, 2.75) is 12.8 Å². The normalized spacial score (nSPS) is 13.9. The first-order valence-electron chi connectivity index (χ1n) is 13.1. The fourth-order valence-electron chi connectivity index (χ4n) is 5.15. The number of aromatic nitrogens is 7. The van der Waals surface area contributed by atoms with Gasteiger partial charge in [-0.1, -0.05) is 0 Å². The van der Waals surface area contributed by atoms with Gasteiger partial charge in [-0.25, -0.2) is 14.4 Å². The van der Waals surface area contributed by atoms with Crippen molar-refractivity contribution in [2.24, 2.45) is 0 Å². The van der Waals surface area contributed by atoms with E-state index in [1.165, 1.54) is 25.0 Å². The quantitative estimate of drug-likeness (QED) is 0.262. The van der Waals surface area contributed by atoms with Gasteiger partial charge in [0.25, 0.3) is 0 Å². The predicted molar refractivity (Wildman–Crippen MR) is 148 cm³/mol. The number of hydrogen-bond acceptors (Lipinski definition) is 8. The number of imidazole rings is 1. The number of H-pyrrole nitrogens is 2. The summed E-state index contributed by atoms with van der Waals surface area (Å²) in [5, 5.41) is 17.4. The van der Waals surface area contributed by atoms with Gasteiger partial charge in [0.2, 0.25) is 0 Å². The first-order valence-corrected chi connectivity index (χ1v) is 13.1. The van der Waals surface area contributed by atoms with Crippen LogP contribution in [0, 0.1) is 5.82 Å². The average Bonchev–Trinajstić information content (AvgIpc) is 3.71. The third kappa shape index (κ3) is 4.60. The molecule has 40 heavy (non-hydrogen) atoms. The molecule has 1 saturated heterocycles. The van der Waals surface area contributed by atoms with Crippen LogP contribution in [0.15, 0.2) is 61.2 Å². The minimum atomic E-state index is -0.548. The van der Waals surface area contributed by atoms with Crippen LogP contribution in [0.4, 0.5) is 4.39 Å². The van der Waals surface area contributed by atoms with Crippen molar-refractivity contribution >= 4 is 22.1 Å². The van der Waals surface area contributed by atoms with Gasteiger partial charge in [0.15, 0.2) is 11.5 Å². The molecule has 5 aromatic heterocycles. The van der Waals surface area contributed by atoms with Crippen LogP contribution < -0.4 is 4.74 Å². The molecule has 1 aliphatic heterocycles. The smallest absolute Gasteiger partial charge is 0.161 e. The molecule has 0 aliphatic carbocycles. The van der Waals surface area contributed by atoms with Gasteiger partial charge in [-0.3, -0.25) is 20.0 Å². The van der Waals surface area contributed by atoms with E-state index >= 15 is 0 Å². The maximum Gasteiger partial charge on any atom is 0.161 e. The number of aromatic amines is 2. The maximum absolute atomic E-state index is 14.0. The van der Waals surface area contributed by atoms with Crippen molar-refractivity contribution in [3.63, 3.8) is 0 Å². The lowest BCUT2D eigenvalue weighted by Crippen LogP contribution is -2.25. The van der Waals surface area contributed by atoms with Crippen molar-refractivity contribution in [2.75, 3.05) is 26.2 Å². The fourth-order valence-corrected chi connectivity index (χ4v) is 5.15. The molecule has 0 spiro atoms. The Morgan fingerprint density at radius 3 is 2.65 bits per heavy atom. The number of fused-ring (bicyclic) bond motifs is 2. The third-order valence-electron chi connectivity index (χ3n) is 7.10. The van der Waals surface area contributed by atoms with E-state index in [0.29, 0.717) is 51.6 Å². The van der Waals surface area contributed by atoms with Crippen molar-refractivity contribution < 1.29 is 14.2 Å². The topological polar surface area (TPSA) is 129 Å². The van der Waals surface area contributed by atoms with Crippen LogP contribution in [0.1, 0.15) is 12.8 Å². The lowest BCUT2D eigenvalue weighted by molar-refractivity contribution is 0.237. The standard InChI is InChI=1S/C29H25FN8O2/c30-19-9-17(10-20(39)12-19)22-15-32-16-25-26(22)35-29(34-25)28-27-24(36-37-28)4-3-23(33-27)18-11-21(14-31-13-18)40-8-7-38-5-1-2-6-38/h3-4,9-16,39H,1-2,5-8H2,(H,34,35)(H,36,37). The number of phenols is 1. The summed E-state index contributed by atoms with van der Waals surface area (Å²) in [6, 6.07) is 9.63. The van der Waals surface area contributed by atoms with Gasteiger partial charge in [-0.2, -0.15) is 5.10 Å². The molecular weight excluding hydrogens is 511 g/mol. The molecule has 1 aromatic carbocycles. The number of pyridine rings is 3. The molecule has 0 saturated carbocycles. The first kappa shape index (κ1) is 24.2. The molecule has 6 aromatic rings. The second-order valence-electron chi connectivity index (χ2n) is 9.84. The highest BCUT2D eigenvalue weighted by atomic mass is 19.1. The minimum Gasteiger partial charge on any atom is -0.508 e. The number of likely N-dealkylation sites (tertiary alicyclic amines) is 1. The van der Waals surface area contributed by atoms with Gasteiger partial charge < -0.3 is 14.8 Å². The van der Waals surface area contributed by atoms with Gasteiger partial charge in [-0.15, -0.1) is 0 Å². The predicted octanol–water partition coefficient (Wildman–Crippen LogP) is 4.94. The lowest BCUT2D eigenvalue weighted by atomic mass is 10.1. The third-order valence-corrected chi connectivity index (χ3v) is 7.10. The van der Waals surface area contributed by atoms with Crippen molar-refractivity contribution in [3.8, 4) is 45.4 Å². The van der Waals surface area contributed by atoms with E-state index < -0.39 is 5.82 Å². The molecule has 0 bridgehead atoms. The molecule has 6 heterocycles. The highest BCUT2D eigenvalue weighted by Gasteiger charge is 2.18. The molecular formula is C29H25FN8O2. The Hall–Kier alpha value is -4.90. The Labute approximate surface area is 227 Å². The summed E-state index contributed by atoms with van der Waals surface area (Å²) in [7, 11) is 0. The van der Waals surface area contributed by atoms with Gasteiger partial charge in [-0.05, 0) is 61.8 Å². The van der Waals surface area contributed by atoms with Gasteiger partial charge in [0.1, 0.15) is 29.4 Å². The van der Waals surface area contributed by atoms with Gasteiger partial charge in [0.05, 0.1) is 34.6 Å². The van der Waals surface area contributed by atoms with E-state index in [1.54, 1.807) is 24.8 Å². The molecule has 1 aliphatic rings. The number of hydrogen-bond donors (Lipinski definition) is 3. The summed E-state index contributed by atoms with van der Waals surface area (Å²) in [6.07, 6.45) is 9.22. The van der Waals surface area contributed by atoms with Crippen LogP contribution in [-0.2, 0) is 0 Å². The van der Waals surface area contributed by atoms with E-state index in [2.05, 4.69) is 30.0 Å². The average molecular weight is 537 g/mol. The Morgan fingerprint density at radius 2 is 1.77 bits per heavy atom. The lowest BCUT2D eigenvalue weighted by Gasteiger charge is -2.15. The largest absolute Gasteiger partial charge is 0.508 e. The number of aromatic hydroxyl groups is 1. The summed E-state index contributed by atoms with van der Waals surface area (Å²) in [6.45, 7) is 3.79. The van der Waals surface area contributed by atoms with E-state index in [1.807, 2.05) is 18.2 Å². The molecule has 200 valence electrons. The molecule has 0 atom stereocenters. The Kier molecular flexibility index (Phi) is 6.05. The van der Waals surface area contributed by atoms with E-state index in [9.17, 15) is 9.50 Å². The summed E-state index contributed by atoms with van der Waals surface area (Å²) in [5.74, 6) is 0.464. The Morgan fingerprint density at radius 1 is 0.900 bits per heavy atom. The summed E-state index contributed by atoms with van der Waals surface area (Å²) in [4.78, 5) is 24.0. The summed E-state index contributed by atoms with van der Waals surface area (Å²) < 4.78 is 20.0. The molecule has 0 amide bonds. The maximum atomic E-state index is 14.0. The zero-order valence-electron chi connectivity index (χ0n) is 21.4. The number of ether oxygens (including phenoxy) is 1. The highest BCUT2D eigenvalue weighted by molar-refractivity contribution is 5.96. The van der Waals surface area contributed by atoms with Crippen LogP contribution in [0.3, 0.4) is 0 Å². The number of phenolic OH excluding ortho intramolecular Hbond substituents is 1. The fraction of sp³-hybridized carbons (Fsp3) is 0.207. The van der Waals surface area contributed by atoms with Gasteiger partial charge in [0, 0.05) is 36.1 Å². The van der Waals surface area contributed by atoms with Crippen LogP contribution in [-0.4, -0.2) is 71.4 Å². The van der Waals surface area contributed by atoms with Crippen LogP contribution in [0.5, 0.6) is 11.5 Å². The van der Waals surface area contributed by atoms with E-state index in [0.717, 1.165) is 42.5 Å². The molecule has 0 unspecified atom stereocenters. The van der Waals surface area contributed by atoms with Crippen molar-refractivity contribution in [3.05, 3.63) is 67.0 Å². The number of nitrogens with one attached hydrogen (secondary N) is 2. The highest BCUT2D eigenvalue weighted by Crippen LogP contribution is 2.33. The SMILES string of the molecule is Oc1cc(F)cc(-c2cncc3[nH]c(-c4n[nH]c5ccc(-c6cncc(OCCN7CCCC7)c6)nc45)nc23)c1.